The van der Waals surface area contributed by atoms with E-state index in [0.717, 1.165) is 42.4 Å². The van der Waals surface area contributed by atoms with Crippen LogP contribution >= 0.6 is 0 Å². The highest BCUT2D eigenvalue weighted by Gasteiger charge is 2.63. The molecule has 4 fully saturated rings. The van der Waals surface area contributed by atoms with Crippen LogP contribution in [0.5, 0.6) is 0 Å². The fourth-order valence-corrected chi connectivity index (χ4v) is 11.6. The number of aromatic nitrogens is 2. The van der Waals surface area contributed by atoms with Crippen molar-refractivity contribution in [2.75, 3.05) is 14.2 Å². The Morgan fingerprint density at radius 2 is 1.63 bits per heavy atom. The topological polar surface area (TPSA) is 66.6 Å². The Hall–Kier alpha value is -0.763. The van der Waals surface area contributed by atoms with Gasteiger partial charge in [0.05, 0.1) is 6.10 Å². The fourth-order valence-electron chi connectivity index (χ4n) is 10.2. The lowest BCUT2D eigenvalue weighted by Crippen LogP contribution is -2.59. The molecule has 5 rings (SSSR count). The molecule has 0 saturated heterocycles. The van der Waals surface area contributed by atoms with E-state index in [0.29, 0.717) is 47.4 Å². The van der Waals surface area contributed by atoms with Crippen LogP contribution in [0.25, 0.3) is 0 Å². The van der Waals surface area contributed by atoms with Crippen molar-refractivity contribution in [1.82, 2.24) is 10.2 Å². The van der Waals surface area contributed by atoms with Crippen LogP contribution in [-0.4, -0.2) is 44.9 Å². The Labute approximate surface area is 251 Å². The first kappa shape index (κ1) is 31.7. The Morgan fingerprint density at radius 1 is 0.951 bits per heavy atom. The van der Waals surface area contributed by atoms with Crippen LogP contribution in [0.2, 0.25) is 18.1 Å². The number of fused-ring (bicyclic) bond motifs is 5. The third-order valence-corrected chi connectivity index (χ3v) is 18.1. The van der Waals surface area contributed by atoms with Gasteiger partial charge in [-0.1, -0.05) is 41.5 Å². The molecule has 1 heterocycles. The second-order valence-corrected chi connectivity index (χ2v) is 21.3. The van der Waals surface area contributed by atoms with Gasteiger partial charge in [-0.05, 0) is 122 Å². The van der Waals surface area contributed by atoms with Crippen molar-refractivity contribution in [2.45, 2.75) is 143 Å². The first-order valence-corrected chi connectivity index (χ1v) is 19.6. The quantitative estimate of drug-likeness (QED) is 0.270. The van der Waals surface area contributed by atoms with Crippen LogP contribution in [0.1, 0.15) is 111 Å². The van der Waals surface area contributed by atoms with Gasteiger partial charge in [-0.25, -0.2) is 0 Å². The first-order valence-electron chi connectivity index (χ1n) is 16.7. The number of rotatable bonds is 9. The van der Waals surface area contributed by atoms with Crippen molar-refractivity contribution in [1.29, 1.82) is 0 Å². The summed E-state index contributed by atoms with van der Waals surface area (Å²) in [6.45, 7) is 20.2. The van der Waals surface area contributed by atoms with Crippen LogP contribution in [0.4, 0.5) is 0 Å². The second-order valence-electron chi connectivity index (χ2n) is 16.5. The van der Waals surface area contributed by atoms with Gasteiger partial charge in [-0.2, -0.15) is 0 Å². The molecule has 41 heavy (non-hydrogen) atoms. The zero-order chi connectivity index (χ0) is 29.8. The van der Waals surface area contributed by atoms with Gasteiger partial charge < -0.3 is 18.3 Å². The molecule has 0 radical (unpaired) electrons. The molecule has 0 aliphatic heterocycles. The average Bonchev–Trinajstić information content (AvgIpc) is 3.50. The van der Waals surface area contributed by atoms with Crippen molar-refractivity contribution < 1.29 is 18.3 Å². The number of methoxy groups -OCH3 is 2. The summed E-state index contributed by atoms with van der Waals surface area (Å²) in [7, 11) is 1.90. The summed E-state index contributed by atoms with van der Waals surface area (Å²) in [5, 5.41) is 8.67. The zero-order valence-corrected chi connectivity index (χ0v) is 28.9. The predicted molar refractivity (Wildman–Crippen MR) is 166 cm³/mol. The van der Waals surface area contributed by atoms with E-state index >= 15 is 0 Å². The van der Waals surface area contributed by atoms with Gasteiger partial charge in [0.15, 0.2) is 8.32 Å². The number of hydrogen-bond acceptors (Lipinski definition) is 6. The molecule has 234 valence electrons. The van der Waals surface area contributed by atoms with E-state index in [1.54, 1.807) is 7.11 Å². The van der Waals surface area contributed by atoms with Gasteiger partial charge in [0.1, 0.15) is 6.61 Å². The van der Waals surface area contributed by atoms with E-state index in [-0.39, 0.29) is 5.04 Å². The first-order chi connectivity index (χ1) is 19.2. The lowest BCUT2D eigenvalue weighted by Gasteiger charge is -2.63. The molecule has 0 amide bonds. The van der Waals surface area contributed by atoms with E-state index < -0.39 is 8.32 Å². The van der Waals surface area contributed by atoms with Gasteiger partial charge in [-0.15, -0.1) is 10.2 Å². The summed E-state index contributed by atoms with van der Waals surface area (Å²) in [5.74, 6) is 5.71. The van der Waals surface area contributed by atoms with Crippen LogP contribution in [-0.2, 0) is 26.9 Å². The molecule has 1 unspecified atom stereocenters. The molecule has 4 aliphatic rings. The molecule has 0 aromatic carbocycles. The second kappa shape index (κ2) is 11.6. The Kier molecular flexibility index (Phi) is 8.98. The molecule has 0 N–H and O–H groups in total. The van der Waals surface area contributed by atoms with Crippen LogP contribution in [0.15, 0.2) is 4.42 Å². The molecular weight excluding hydrogens is 528 g/mol. The SMILES string of the molecule is COCc1nnc(CCC(C)[C@H]2CC[C@H]3[C@@H]4[C@H](OC)C[C@@H]5C[C@H](O[Si](C)(C)C(C)(C)C)CC[C@]5(C)[C@H]4CC[C@]23C)o1. The maximum Gasteiger partial charge on any atom is 0.242 e. The summed E-state index contributed by atoms with van der Waals surface area (Å²) in [6, 6.07) is 0. The van der Waals surface area contributed by atoms with E-state index in [1.165, 1.54) is 51.4 Å². The summed E-state index contributed by atoms with van der Waals surface area (Å²) in [6.07, 6.45) is 13.3. The minimum Gasteiger partial charge on any atom is -0.423 e. The molecule has 0 spiro atoms. The number of aryl methyl sites for hydroxylation is 1. The molecule has 10 atom stereocenters. The summed E-state index contributed by atoms with van der Waals surface area (Å²) in [4.78, 5) is 0. The van der Waals surface area contributed by atoms with Crippen LogP contribution in [0.3, 0.4) is 0 Å². The highest BCUT2D eigenvalue weighted by atomic mass is 28.4. The number of hydrogen-bond donors (Lipinski definition) is 0. The van der Waals surface area contributed by atoms with Gasteiger partial charge in [0.2, 0.25) is 11.8 Å². The lowest BCUT2D eigenvalue weighted by atomic mass is 9.43. The highest BCUT2D eigenvalue weighted by molar-refractivity contribution is 6.74. The standard InChI is InChI=1S/C34H60N2O4Si/c1-22(11-14-29-35-36-30(39-29)21-37-7)25-12-13-26-31-27(16-18-34(25,26)6)33(5)17-15-24(19-23(33)20-28(31)38-8)40-41(9,10)32(2,3)4/h22-28,31H,11-21H2,1-10H3/t22?,23-,24+,25+,26-,27-,28+,31-,33-,34+/m0/s1. The maximum absolute atomic E-state index is 7.01. The van der Waals surface area contributed by atoms with Crippen LogP contribution < -0.4 is 0 Å². The fraction of sp³-hybridized carbons (Fsp3) is 0.941. The third-order valence-electron chi connectivity index (χ3n) is 13.5. The lowest BCUT2D eigenvalue weighted by molar-refractivity contribution is -0.180. The van der Waals surface area contributed by atoms with Gasteiger partial charge in [0, 0.05) is 26.7 Å². The Bertz CT molecular complexity index is 1040. The minimum absolute atomic E-state index is 0.267. The maximum atomic E-state index is 7.01. The summed E-state index contributed by atoms with van der Waals surface area (Å²) in [5.41, 5.74) is 0.829. The molecule has 7 heteroatoms. The van der Waals surface area contributed by atoms with E-state index in [9.17, 15) is 0 Å². The van der Waals surface area contributed by atoms with Gasteiger partial charge >= 0.3 is 0 Å². The van der Waals surface area contributed by atoms with Gasteiger partial charge in [-0.3, -0.25) is 0 Å². The summed E-state index contributed by atoms with van der Waals surface area (Å²) >= 11 is 0. The molecule has 4 aliphatic carbocycles. The largest absolute Gasteiger partial charge is 0.423 e. The molecule has 4 saturated carbocycles. The predicted octanol–water partition coefficient (Wildman–Crippen LogP) is 8.46. The zero-order valence-electron chi connectivity index (χ0n) is 27.9. The van der Waals surface area contributed by atoms with E-state index in [4.69, 9.17) is 18.3 Å². The Balaban J connectivity index is 1.27. The normalized spacial score (nSPS) is 40.1. The van der Waals surface area contributed by atoms with Crippen molar-refractivity contribution in [2.24, 2.45) is 46.3 Å². The molecule has 1 aromatic heterocycles. The number of ether oxygens (including phenoxy) is 2. The van der Waals surface area contributed by atoms with Crippen LogP contribution in [0, 0.1) is 46.3 Å². The monoisotopic (exact) mass is 588 g/mol. The van der Waals surface area contributed by atoms with E-state index in [1.807, 2.05) is 7.11 Å². The molecule has 0 bridgehead atoms. The smallest absolute Gasteiger partial charge is 0.242 e. The molecular formula is C34H60N2O4Si. The third kappa shape index (κ3) is 5.75. The van der Waals surface area contributed by atoms with Crippen molar-refractivity contribution in [3.63, 3.8) is 0 Å². The molecule has 6 nitrogen and oxygen atoms in total. The van der Waals surface area contributed by atoms with E-state index in [2.05, 4.69) is 64.8 Å². The van der Waals surface area contributed by atoms with Gasteiger partial charge in [0.25, 0.3) is 0 Å². The highest BCUT2D eigenvalue weighted by Crippen LogP contribution is 2.69. The van der Waals surface area contributed by atoms with Crippen molar-refractivity contribution in [3.05, 3.63) is 11.8 Å². The minimum atomic E-state index is -1.76. The summed E-state index contributed by atoms with van der Waals surface area (Å²) < 4.78 is 24.4. The number of nitrogens with zero attached hydrogens (tertiary/aromatic N) is 2. The Morgan fingerprint density at radius 3 is 2.32 bits per heavy atom. The van der Waals surface area contributed by atoms with Crippen molar-refractivity contribution in [3.8, 4) is 0 Å². The average molecular weight is 589 g/mol. The van der Waals surface area contributed by atoms with Crippen molar-refractivity contribution >= 4 is 8.32 Å². The molecule has 1 aromatic rings.